The minimum atomic E-state index is -0.195. The topological polar surface area (TPSA) is 29.5 Å². The fraction of sp³-hybridized carbons (Fsp3) is 0.312. The Labute approximate surface area is 134 Å². The number of ether oxygens (including phenoxy) is 1. The van der Waals surface area contributed by atoms with Crippen LogP contribution in [0.2, 0.25) is 4.34 Å². The van der Waals surface area contributed by atoms with E-state index < -0.39 is 0 Å². The number of rotatable bonds is 6. The Balaban J connectivity index is 2.03. The summed E-state index contributed by atoms with van der Waals surface area (Å²) in [5.74, 6) is 0.851. The Morgan fingerprint density at radius 3 is 2.48 bits per heavy atom. The number of hydrogen-bond donors (Lipinski definition) is 0. The lowest BCUT2D eigenvalue weighted by atomic mass is 10.0. The monoisotopic (exact) mass is 323 g/mol. The minimum absolute atomic E-state index is 0.0998. The van der Waals surface area contributed by atoms with E-state index in [1.807, 2.05) is 31.0 Å². The van der Waals surface area contributed by atoms with Crippen molar-refractivity contribution >= 4 is 28.7 Å². The number of benzene rings is 1. The zero-order chi connectivity index (χ0) is 15.4. The molecule has 0 radical (unpaired) electrons. The molecule has 0 N–H and O–H groups in total. The van der Waals surface area contributed by atoms with Crippen molar-refractivity contribution in [3.8, 4) is 5.75 Å². The largest absolute Gasteiger partial charge is 0.497 e. The third kappa shape index (κ3) is 4.06. The molecular formula is C16H18ClNO2S. The van der Waals surface area contributed by atoms with Crippen LogP contribution < -0.4 is 4.74 Å². The maximum Gasteiger partial charge on any atom is 0.179 e. The summed E-state index contributed by atoms with van der Waals surface area (Å²) in [5.41, 5.74) is 0.694. The Kier molecular flexibility index (Phi) is 5.39. The summed E-state index contributed by atoms with van der Waals surface area (Å²) >= 11 is 7.47. The molecule has 0 aliphatic heterocycles. The van der Waals surface area contributed by atoms with Crippen LogP contribution in [-0.2, 0) is 6.54 Å². The summed E-state index contributed by atoms with van der Waals surface area (Å²) in [5, 5.41) is 0. The van der Waals surface area contributed by atoms with E-state index in [9.17, 15) is 4.79 Å². The Bertz CT molecular complexity index is 609. The summed E-state index contributed by atoms with van der Waals surface area (Å²) < 4.78 is 5.88. The van der Waals surface area contributed by atoms with Gasteiger partial charge in [-0.05, 0) is 50.4 Å². The first-order valence-corrected chi connectivity index (χ1v) is 7.83. The van der Waals surface area contributed by atoms with Gasteiger partial charge in [0.05, 0.1) is 17.5 Å². The molecule has 21 heavy (non-hydrogen) atoms. The van der Waals surface area contributed by atoms with Gasteiger partial charge >= 0.3 is 0 Å². The highest BCUT2D eigenvalue weighted by Crippen LogP contribution is 2.23. The smallest absolute Gasteiger partial charge is 0.179 e. The van der Waals surface area contributed by atoms with Gasteiger partial charge in [0.2, 0.25) is 0 Å². The highest BCUT2D eigenvalue weighted by molar-refractivity contribution is 7.16. The number of methoxy groups -OCH3 is 1. The SMILES string of the molecule is COc1ccc(C(=O)C(C)N(C)Cc2ccc(Cl)s2)cc1. The summed E-state index contributed by atoms with van der Waals surface area (Å²) in [6.07, 6.45) is 0. The number of carbonyl (C=O) groups excluding carboxylic acids is 1. The van der Waals surface area contributed by atoms with Crippen molar-refractivity contribution in [2.45, 2.75) is 19.5 Å². The van der Waals surface area contributed by atoms with Crippen molar-refractivity contribution in [3.63, 3.8) is 0 Å². The average molecular weight is 324 g/mol. The standard InChI is InChI=1S/C16H18ClNO2S/c1-11(18(2)10-14-8-9-15(17)21-14)16(19)12-4-6-13(20-3)7-5-12/h4-9,11H,10H2,1-3H3. The molecule has 2 aromatic rings. The second kappa shape index (κ2) is 7.07. The first kappa shape index (κ1) is 16.0. The number of likely N-dealkylation sites (N-methyl/N-ethyl adjacent to an activating group) is 1. The van der Waals surface area contributed by atoms with Gasteiger partial charge in [-0.1, -0.05) is 11.6 Å². The Morgan fingerprint density at radius 1 is 1.29 bits per heavy atom. The fourth-order valence-corrected chi connectivity index (χ4v) is 3.17. The maximum atomic E-state index is 12.5. The molecule has 1 unspecified atom stereocenters. The lowest BCUT2D eigenvalue weighted by molar-refractivity contribution is 0.0863. The summed E-state index contributed by atoms with van der Waals surface area (Å²) in [6, 6.07) is 10.9. The van der Waals surface area contributed by atoms with Crippen molar-refractivity contribution in [2.75, 3.05) is 14.2 Å². The van der Waals surface area contributed by atoms with E-state index in [2.05, 4.69) is 0 Å². The first-order chi connectivity index (χ1) is 10.0. The first-order valence-electron chi connectivity index (χ1n) is 6.64. The van der Waals surface area contributed by atoms with Crippen LogP contribution in [0, 0.1) is 0 Å². The van der Waals surface area contributed by atoms with Crippen molar-refractivity contribution in [2.24, 2.45) is 0 Å². The molecule has 0 saturated heterocycles. The van der Waals surface area contributed by atoms with Gasteiger partial charge in [0.1, 0.15) is 5.75 Å². The van der Waals surface area contributed by atoms with Gasteiger partial charge < -0.3 is 4.74 Å². The van der Waals surface area contributed by atoms with Crippen LogP contribution in [0.4, 0.5) is 0 Å². The minimum Gasteiger partial charge on any atom is -0.497 e. The lowest BCUT2D eigenvalue weighted by Gasteiger charge is -2.23. The molecule has 112 valence electrons. The quantitative estimate of drug-likeness (QED) is 0.749. The Morgan fingerprint density at radius 2 is 1.95 bits per heavy atom. The van der Waals surface area contributed by atoms with Gasteiger partial charge in [-0.3, -0.25) is 9.69 Å². The van der Waals surface area contributed by atoms with Crippen LogP contribution in [0.15, 0.2) is 36.4 Å². The second-order valence-corrected chi connectivity index (χ2v) is 6.69. The summed E-state index contributed by atoms with van der Waals surface area (Å²) in [6.45, 7) is 2.63. The van der Waals surface area contributed by atoms with Crippen LogP contribution in [0.3, 0.4) is 0 Å². The van der Waals surface area contributed by atoms with Gasteiger partial charge in [0.25, 0.3) is 0 Å². The predicted octanol–water partition coefficient (Wildman–Crippen LogP) is 4.11. The Hall–Kier alpha value is -1.36. The molecule has 0 aliphatic carbocycles. The third-order valence-electron chi connectivity index (χ3n) is 3.45. The predicted molar refractivity (Wildman–Crippen MR) is 87.6 cm³/mol. The molecule has 1 heterocycles. The van der Waals surface area contributed by atoms with Crippen molar-refractivity contribution in [1.82, 2.24) is 4.90 Å². The highest BCUT2D eigenvalue weighted by Gasteiger charge is 2.20. The van der Waals surface area contributed by atoms with E-state index in [0.717, 1.165) is 15.0 Å². The van der Waals surface area contributed by atoms with Crippen molar-refractivity contribution in [1.29, 1.82) is 0 Å². The van der Waals surface area contributed by atoms with Gasteiger partial charge in [0, 0.05) is 17.0 Å². The molecule has 0 spiro atoms. The third-order valence-corrected chi connectivity index (χ3v) is 4.67. The van der Waals surface area contributed by atoms with Crippen LogP contribution in [-0.4, -0.2) is 30.9 Å². The second-order valence-electron chi connectivity index (χ2n) is 4.89. The van der Waals surface area contributed by atoms with Gasteiger partial charge in [0.15, 0.2) is 5.78 Å². The number of ketones is 1. The molecule has 1 atom stereocenters. The average Bonchev–Trinajstić information content (AvgIpc) is 2.90. The molecule has 0 saturated carbocycles. The van der Waals surface area contributed by atoms with E-state index >= 15 is 0 Å². The van der Waals surface area contributed by atoms with Gasteiger partial charge in [-0.15, -0.1) is 11.3 Å². The maximum absolute atomic E-state index is 12.5. The van der Waals surface area contributed by atoms with E-state index in [-0.39, 0.29) is 11.8 Å². The molecule has 0 bridgehead atoms. The van der Waals surface area contributed by atoms with Crippen molar-refractivity contribution in [3.05, 3.63) is 51.2 Å². The zero-order valence-corrected chi connectivity index (χ0v) is 13.9. The normalized spacial score (nSPS) is 12.4. The number of hydrogen-bond acceptors (Lipinski definition) is 4. The number of halogens is 1. The number of Topliss-reactive ketones (excluding diaryl/α,β-unsaturated/α-hetero) is 1. The summed E-state index contributed by atoms with van der Waals surface area (Å²) in [4.78, 5) is 15.6. The number of carbonyl (C=O) groups is 1. The van der Waals surface area contributed by atoms with E-state index in [1.165, 1.54) is 0 Å². The highest BCUT2D eigenvalue weighted by atomic mass is 35.5. The zero-order valence-electron chi connectivity index (χ0n) is 12.3. The molecule has 1 aromatic heterocycles. The molecule has 2 rings (SSSR count). The molecule has 0 aliphatic rings. The van der Waals surface area contributed by atoms with Crippen molar-refractivity contribution < 1.29 is 9.53 Å². The number of thiophene rings is 1. The van der Waals surface area contributed by atoms with E-state index in [4.69, 9.17) is 16.3 Å². The molecular weight excluding hydrogens is 306 g/mol. The molecule has 1 aromatic carbocycles. The summed E-state index contributed by atoms with van der Waals surface area (Å²) in [7, 11) is 3.55. The van der Waals surface area contributed by atoms with Crippen LogP contribution in [0.1, 0.15) is 22.2 Å². The van der Waals surface area contributed by atoms with Crippen LogP contribution >= 0.6 is 22.9 Å². The fourth-order valence-electron chi connectivity index (χ4n) is 2.02. The van der Waals surface area contributed by atoms with Crippen LogP contribution in [0.5, 0.6) is 5.75 Å². The van der Waals surface area contributed by atoms with Gasteiger partial charge in [-0.2, -0.15) is 0 Å². The lowest BCUT2D eigenvalue weighted by Crippen LogP contribution is -2.35. The molecule has 0 amide bonds. The van der Waals surface area contributed by atoms with E-state index in [1.54, 1.807) is 42.7 Å². The molecule has 0 fully saturated rings. The molecule has 3 nitrogen and oxygen atoms in total. The van der Waals surface area contributed by atoms with Crippen LogP contribution in [0.25, 0.3) is 0 Å². The molecule has 5 heteroatoms. The number of nitrogens with zero attached hydrogens (tertiary/aromatic N) is 1. The van der Waals surface area contributed by atoms with Gasteiger partial charge in [-0.25, -0.2) is 0 Å². The van der Waals surface area contributed by atoms with E-state index in [0.29, 0.717) is 12.1 Å².